The van der Waals surface area contributed by atoms with Crippen LogP contribution >= 0.6 is 11.3 Å². The molecule has 2 aromatic heterocycles. The molecule has 4 heteroatoms. The van der Waals surface area contributed by atoms with Crippen LogP contribution in [0.15, 0.2) is 94.0 Å². The zero-order chi connectivity index (χ0) is 54.2. The molecule has 6 aliphatic carbocycles. The van der Waals surface area contributed by atoms with E-state index in [0.717, 1.165) is 37.1 Å². The van der Waals surface area contributed by atoms with Crippen molar-refractivity contribution in [2.24, 2.45) is 33.5 Å². The van der Waals surface area contributed by atoms with E-state index in [4.69, 9.17) is 12.3 Å². The fraction of sp³-hybridized carbons (Fsp3) is 0.528. The number of hydrogen-bond acceptors (Lipinski definition) is 3. The quantitative estimate of drug-likeness (QED) is 0.155. The summed E-state index contributed by atoms with van der Waals surface area (Å²) in [4.78, 5) is 2.64. The molecule has 4 unspecified atom stereocenters. The Hall–Kier alpha value is -4.54. The first-order valence-electron chi connectivity index (χ1n) is 29.6. The van der Waals surface area contributed by atoms with Gasteiger partial charge in [-0.25, -0.2) is 0 Å². The second-order valence-corrected chi connectivity index (χ2v) is 31.4. The SMILES string of the molecule is [B]c1oc2c(c1N(c1cc(C)cc3c1Cc1cc4c(cc1C3CCC1C=C3C(=CC1)C(C)(C)CCC3(C)C)C(C)(C)CCC4(C)C)c1cccc3c1sc1ccc(C(C)(C)C)cc13)C(C)C1C(=C2)C(C)(C)CCC1(C)C. The molecule has 0 bridgehead atoms. The summed E-state index contributed by atoms with van der Waals surface area (Å²) in [6.07, 6.45) is 19.4. The monoisotopic (exact) mass is 1030 g/mol. The van der Waals surface area contributed by atoms with Crippen LogP contribution in [0.1, 0.15) is 236 Å². The largest absolute Gasteiger partial charge is 0.471 e. The predicted octanol–water partition coefficient (Wildman–Crippen LogP) is 20.4. The van der Waals surface area contributed by atoms with Crippen LogP contribution in [0, 0.1) is 40.4 Å². The summed E-state index contributed by atoms with van der Waals surface area (Å²) in [5.74, 6) is 2.29. The molecule has 0 amide bonds. The van der Waals surface area contributed by atoms with Crippen LogP contribution in [0.25, 0.3) is 26.2 Å². The number of anilines is 3. The van der Waals surface area contributed by atoms with E-state index in [-0.39, 0.29) is 49.7 Å². The van der Waals surface area contributed by atoms with E-state index in [1.807, 2.05) is 11.3 Å². The highest BCUT2D eigenvalue weighted by Crippen LogP contribution is 2.63. The standard InChI is InChI=1S/C72H88BNOS/c1-41-33-49-46(24-21-43-22-25-52-53(35-43)68(8,9)28-27-67(52,6)7)48-39-55-54(69(10,11)29-30-70(55,12)13)37-44(48)36-50(49)58(34-41)74(57-20-18-19-47-51-38-45(66(3,4)5)23-26-60(51)76-64(47)57)63-61-42(2)62-56(40-59(61)75-65(63)73)71(14,15)31-32-72(62,16)17/h18-20,23,25-26,33-35,37-40,42-43,46,62H,21-22,24,27-32,36H2,1-17H3. The van der Waals surface area contributed by atoms with Crippen LogP contribution in [-0.4, -0.2) is 7.85 Å². The van der Waals surface area contributed by atoms with E-state index in [1.54, 1.807) is 27.8 Å². The summed E-state index contributed by atoms with van der Waals surface area (Å²) in [6.45, 7) is 41.7. The maximum Gasteiger partial charge on any atom is 0.170 e. The van der Waals surface area contributed by atoms with Crippen molar-refractivity contribution in [1.29, 1.82) is 0 Å². The summed E-state index contributed by atoms with van der Waals surface area (Å²) in [5, 5.41) is 2.64. The summed E-state index contributed by atoms with van der Waals surface area (Å²) in [5.41, 5.74) is 22.7. The number of hydrogen-bond donors (Lipinski definition) is 0. The van der Waals surface area contributed by atoms with E-state index < -0.39 is 0 Å². The molecule has 4 aromatic carbocycles. The highest BCUT2D eigenvalue weighted by Gasteiger charge is 2.51. The summed E-state index contributed by atoms with van der Waals surface area (Å²) in [7, 11) is 7.59. The predicted molar refractivity (Wildman–Crippen MR) is 328 cm³/mol. The van der Waals surface area contributed by atoms with E-state index in [1.165, 1.54) is 109 Å². The second kappa shape index (κ2) is 17.2. The highest BCUT2D eigenvalue weighted by molar-refractivity contribution is 7.26. The van der Waals surface area contributed by atoms with Gasteiger partial charge in [0.15, 0.2) is 7.85 Å². The fourth-order valence-electron chi connectivity index (χ4n) is 16.2. The molecule has 4 atom stereocenters. The normalized spacial score (nSPS) is 25.2. The summed E-state index contributed by atoms with van der Waals surface area (Å²) in [6, 6.07) is 24.8. The molecule has 2 saturated carbocycles. The lowest BCUT2D eigenvalue weighted by Gasteiger charge is -2.52. The van der Waals surface area contributed by atoms with E-state index >= 15 is 0 Å². The van der Waals surface area contributed by atoms with Gasteiger partial charge in [0.25, 0.3) is 0 Å². The number of thiophene rings is 1. The molecule has 6 aliphatic rings. The maximum atomic E-state index is 7.59. The molecule has 0 N–H and O–H groups in total. The minimum absolute atomic E-state index is 0.0366. The van der Waals surface area contributed by atoms with Crippen molar-refractivity contribution < 1.29 is 4.42 Å². The smallest absolute Gasteiger partial charge is 0.170 e. The number of allylic oxidation sites excluding steroid dienone is 5. The molecule has 2 fully saturated rings. The van der Waals surface area contributed by atoms with Gasteiger partial charge < -0.3 is 9.32 Å². The van der Waals surface area contributed by atoms with Gasteiger partial charge in [-0.1, -0.05) is 165 Å². The third kappa shape index (κ3) is 8.18. The minimum Gasteiger partial charge on any atom is -0.471 e. The van der Waals surface area contributed by atoms with Crippen LogP contribution in [0.3, 0.4) is 0 Å². The van der Waals surface area contributed by atoms with Crippen molar-refractivity contribution in [3.8, 4) is 0 Å². The van der Waals surface area contributed by atoms with Crippen molar-refractivity contribution >= 4 is 68.2 Å². The Bertz CT molecular complexity index is 3490. The van der Waals surface area contributed by atoms with Crippen LogP contribution in [0.4, 0.5) is 17.1 Å². The Labute approximate surface area is 463 Å². The lowest BCUT2D eigenvalue weighted by atomic mass is 9.52. The molecule has 0 spiro atoms. The van der Waals surface area contributed by atoms with E-state index in [0.29, 0.717) is 17.5 Å². The molecule has 76 heavy (non-hydrogen) atoms. The maximum absolute atomic E-state index is 7.59. The number of benzene rings is 4. The zero-order valence-corrected chi connectivity index (χ0v) is 50.5. The number of rotatable bonds is 6. The summed E-state index contributed by atoms with van der Waals surface area (Å²) >= 11 is 1.93. The van der Waals surface area contributed by atoms with Gasteiger partial charge in [-0.15, -0.1) is 11.3 Å². The first kappa shape index (κ1) is 52.2. The summed E-state index contributed by atoms with van der Waals surface area (Å²) < 4.78 is 9.66. The Balaban J connectivity index is 1.10. The number of fused-ring (bicyclic) bond motifs is 9. The van der Waals surface area contributed by atoms with E-state index in [9.17, 15) is 0 Å². The molecule has 0 saturated heterocycles. The number of aryl methyl sites for hydroxylation is 1. The van der Waals surface area contributed by atoms with Gasteiger partial charge in [-0.3, -0.25) is 0 Å². The first-order valence-corrected chi connectivity index (χ1v) is 30.4. The fourth-order valence-corrected chi connectivity index (χ4v) is 17.4. The molecule has 6 aromatic rings. The number of nitrogens with zero attached hydrogens (tertiary/aromatic N) is 1. The van der Waals surface area contributed by atoms with Gasteiger partial charge >= 0.3 is 0 Å². The minimum atomic E-state index is 0.0366. The average Bonchev–Trinajstić information content (AvgIpc) is 3.90. The number of furan rings is 1. The van der Waals surface area contributed by atoms with Gasteiger partial charge in [0.05, 0.1) is 27.4 Å². The Morgan fingerprint density at radius 3 is 2.08 bits per heavy atom. The van der Waals surface area contributed by atoms with Crippen molar-refractivity contribution in [2.45, 2.75) is 210 Å². The van der Waals surface area contributed by atoms with Gasteiger partial charge in [0, 0.05) is 33.4 Å². The van der Waals surface area contributed by atoms with Gasteiger partial charge in [0.2, 0.25) is 0 Å². The first-order chi connectivity index (χ1) is 35.5. The molecular formula is C72H88BNOS. The van der Waals surface area contributed by atoms with Crippen LogP contribution < -0.4 is 10.6 Å². The zero-order valence-electron chi connectivity index (χ0n) is 49.7. The van der Waals surface area contributed by atoms with Crippen molar-refractivity contribution in [3.63, 3.8) is 0 Å². The lowest BCUT2D eigenvalue weighted by Crippen LogP contribution is -2.42. The molecule has 2 heterocycles. The van der Waals surface area contributed by atoms with Crippen LogP contribution in [-0.2, 0) is 22.7 Å². The average molecular weight is 1030 g/mol. The van der Waals surface area contributed by atoms with Gasteiger partial charge in [-0.05, 0) is 206 Å². The molecule has 396 valence electrons. The molecule has 0 aliphatic heterocycles. The van der Waals surface area contributed by atoms with Gasteiger partial charge in [-0.2, -0.15) is 0 Å². The van der Waals surface area contributed by atoms with E-state index in [2.05, 4.69) is 201 Å². The van der Waals surface area contributed by atoms with Crippen molar-refractivity contribution in [2.75, 3.05) is 4.90 Å². The van der Waals surface area contributed by atoms with Crippen LogP contribution in [0.2, 0.25) is 0 Å². The molecular weight excluding hydrogens is 938 g/mol. The molecule has 2 radical (unpaired) electrons. The third-order valence-electron chi connectivity index (χ3n) is 21.2. The van der Waals surface area contributed by atoms with Crippen molar-refractivity contribution in [1.82, 2.24) is 0 Å². The van der Waals surface area contributed by atoms with Gasteiger partial charge in [0.1, 0.15) is 5.76 Å². The third-order valence-corrected chi connectivity index (χ3v) is 22.4. The molecule has 2 nitrogen and oxygen atoms in total. The second-order valence-electron chi connectivity index (χ2n) is 30.4. The van der Waals surface area contributed by atoms with Crippen LogP contribution in [0.5, 0.6) is 0 Å². The lowest BCUT2D eigenvalue weighted by molar-refractivity contribution is 0.106. The Morgan fingerprint density at radius 1 is 0.697 bits per heavy atom. The van der Waals surface area contributed by atoms with Crippen molar-refractivity contribution in [3.05, 3.63) is 145 Å². The molecule has 12 rings (SSSR count). The topological polar surface area (TPSA) is 16.4 Å². The highest BCUT2D eigenvalue weighted by atomic mass is 32.1. The Kier molecular flexibility index (Phi) is 11.8. The Morgan fingerprint density at radius 2 is 1.37 bits per heavy atom.